The van der Waals surface area contributed by atoms with E-state index in [1.165, 1.54) is 30.9 Å². The summed E-state index contributed by atoms with van der Waals surface area (Å²) in [6.07, 6.45) is 0. The lowest BCUT2D eigenvalue weighted by Crippen LogP contribution is -2.50. The molecule has 102 valence electrons. The summed E-state index contributed by atoms with van der Waals surface area (Å²) in [6.45, 7) is 5.08. The second-order valence-electron chi connectivity index (χ2n) is 4.48. The quantitative estimate of drug-likeness (QED) is 0.922. The van der Waals surface area contributed by atoms with Crippen LogP contribution in [0.25, 0.3) is 0 Å². The summed E-state index contributed by atoms with van der Waals surface area (Å²) in [5.74, 6) is -1.68. The summed E-state index contributed by atoms with van der Waals surface area (Å²) < 4.78 is 14.3. The van der Waals surface area contributed by atoms with Gasteiger partial charge in [-0.1, -0.05) is 0 Å². The number of carbonyl (C=O) groups is 1. The van der Waals surface area contributed by atoms with Crippen LogP contribution in [-0.2, 0) is 4.79 Å². The number of carboxylic acids is 1. The summed E-state index contributed by atoms with van der Waals surface area (Å²) in [4.78, 5) is 12.7. The van der Waals surface area contributed by atoms with Crippen LogP contribution >= 0.6 is 15.9 Å². The first kappa shape index (κ1) is 15.4. The smallest absolute Gasteiger partial charge is 0.328 e. The molecule has 0 amide bonds. The zero-order valence-corrected chi connectivity index (χ0v) is 12.5. The maximum Gasteiger partial charge on any atom is 0.328 e. The Morgan fingerprint density at radius 2 is 2.16 bits per heavy atom. The van der Waals surface area contributed by atoms with Crippen molar-refractivity contribution in [2.75, 3.05) is 11.4 Å². The Hall–Kier alpha value is -1.61. The van der Waals surface area contributed by atoms with Gasteiger partial charge >= 0.3 is 5.97 Å². The lowest BCUT2D eigenvalue weighted by molar-refractivity contribution is -0.142. The van der Waals surface area contributed by atoms with Crippen molar-refractivity contribution in [2.45, 2.75) is 26.3 Å². The van der Waals surface area contributed by atoms with Gasteiger partial charge in [0.2, 0.25) is 0 Å². The highest BCUT2D eigenvalue weighted by Gasteiger charge is 2.35. The van der Waals surface area contributed by atoms with Gasteiger partial charge in [-0.3, -0.25) is 0 Å². The van der Waals surface area contributed by atoms with Crippen LogP contribution in [0.4, 0.5) is 10.1 Å². The highest BCUT2D eigenvalue weighted by molar-refractivity contribution is 9.10. The fourth-order valence-electron chi connectivity index (χ4n) is 1.82. The van der Waals surface area contributed by atoms with Crippen LogP contribution in [0.5, 0.6) is 0 Å². The third kappa shape index (κ3) is 2.71. The van der Waals surface area contributed by atoms with Crippen molar-refractivity contribution >= 4 is 27.6 Å². The minimum Gasteiger partial charge on any atom is -0.480 e. The van der Waals surface area contributed by atoms with E-state index in [2.05, 4.69) is 15.9 Å². The number of hydrogen-bond acceptors (Lipinski definition) is 3. The standard InChI is InChI=1S/C13H14BrFN2O2/c1-4-17(13(2,3)12(18)19)9-6-5-8(7-16)10(14)11(9)15/h5-6H,4H2,1-3H3,(H,18,19). The zero-order chi connectivity index (χ0) is 14.8. The molecular weight excluding hydrogens is 315 g/mol. The molecule has 0 atom stereocenters. The van der Waals surface area contributed by atoms with E-state index in [1.54, 1.807) is 6.92 Å². The van der Waals surface area contributed by atoms with E-state index in [-0.39, 0.29) is 15.7 Å². The van der Waals surface area contributed by atoms with Crippen LogP contribution in [-0.4, -0.2) is 23.2 Å². The predicted molar refractivity (Wildman–Crippen MR) is 73.5 cm³/mol. The van der Waals surface area contributed by atoms with Gasteiger partial charge in [0.25, 0.3) is 0 Å². The summed E-state index contributed by atoms with van der Waals surface area (Å²) in [5.41, 5.74) is -0.922. The molecule has 1 aromatic rings. The largest absolute Gasteiger partial charge is 0.480 e. The van der Waals surface area contributed by atoms with Crippen molar-refractivity contribution in [1.82, 2.24) is 0 Å². The molecule has 0 bridgehead atoms. The molecule has 0 spiro atoms. The van der Waals surface area contributed by atoms with Gasteiger partial charge in [-0.2, -0.15) is 5.26 Å². The van der Waals surface area contributed by atoms with Crippen molar-refractivity contribution in [3.05, 3.63) is 28.0 Å². The van der Waals surface area contributed by atoms with Crippen molar-refractivity contribution in [2.24, 2.45) is 0 Å². The second-order valence-corrected chi connectivity index (χ2v) is 5.27. The first-order valence-corrected chi connectivity index (χ1v) is 6.45. The fraction of sp³-hybridized carbons (Fsp3) is 0.385. The van der Waals surface area contributed by atoms with Gasteiger partial charge in [-0.05, 0) is 48.8 Å². The average molecular weight is 329 g/mol. The van der Waals surface area contributed by atoms with E-state index in [9.17, 15) is 14.3 Å². The molecule has 0 aliphatic heterocycles. The Morgan fingerprint density at radius 1 is 1.58 bits per heavy atom. The lowest BCUT2D eigenvalue weighted by Gasteiger charge is -2.36. The molecule has 1 N–H and O–H groups in total. The third-order valence-corrected chi connectivity index (χ3v) is 3.76. The zero-order valence-electron chi connectivity index (χ0n) is 10.9. The normalized spacial score (nSPS) is 10.9. The minimum atomic E-state index is -1.25. The van der Waals surface area contributed by atoms with Gasteiger partial charge in [0, 0.05) is 6.54 Å². The summed E-state index contributed by atoms with van der Waals surface area (Å²) in [7, 11) is 0. The van der Waals surface area contributed by atoms with Gasteiger partial charge in [0.15, 0.2) is 5.82 Å². The van der Waals surface area contributed by atoms with Crippen LogP contribution in [0.2, 0.25) is 0 Å². The molecule has 0 aromatic heterocycles. The highest BCUT2D eigenvalue weighted by Crippen LogP contribution is 2.32. The van der Waals surface area contributed by atoms with Crippen LogP contribution in [0.3, 0.4) is 0 Å². The predicted octanol–water partition coefficient (Wildman–Crippen LogP) is 3.15. The Kier molecular flexibility index (Phi) is 4.53. The molecule has 0 aliphatic carbocycles. The molecule has 0 heterocycles. The summed E-state index contributed by atoms with van der Waals surface area (Å²) >= 11 is 3.02. The molecule has 1 aromatic carbocycles. The van der Waals surface area contributed by atoms with Gasteiger partial charge in [-0.25, -0.2) is 9.18 Å². The van der Waals surface area contributed by atoms with Crippen LogP contribution < -0.4 is 4.90 Å². The number of halogens is 2. The summed E-state index contributed by atoms with van der Waals surface area (Å²) in [6, 6.07) is 4.74. The van der Waals surface area contributed by atoms with E-state index in [4.69, 9.17) is 5.26 Å². The maximum atomic E-state index is 14.2. The Bertz CT molecular complexity index is 552. The van der Waals surface area contributed by atoms with Crippen molar-refractivity contribution in [3.63, 3.8) is 0 Å². The molecule has 6 heteroatoms. The monoisotopic (exact) mass is 328 g/mol. The number of likely N-dealkylation sites (N-methyl/N-ethyl adjacent to an activating group) is 1. The lowest BCUT2D eigenvalue weighted by atomic mass is 10.0. The van der Waals surface area contributed by atoms with Gasteiger partial charge < -0.3 is 10.0 Å². The first-order chi connectivity index (χ1) is 8.77. The van der Waals surface area contributed by atoms with E-state index >= 15 is 0 Å². The molecule has 19 heavy (non-hydrogen) atoms. The van der Waals surface area contributed by atoms with Gasteiger partial charge in [0.1, 0.15) is 11.6 Å². The van der Waals surface area contributed by atoms with E-state index in [0.717, 1.165) is 0 Å². The van der Waals surface area contributed by atoms with Crippen molar-refractivity contribution in [1.29, 1.82) is 5.26 Å². The first-order valence-electron chi connectivity index (χ1n) is 5.66. The van der Waals surface area contributed by atoms with Crippen molar-refractivity contribution < 1.29 is 14.3 Å². The minimum absolute atomic E-state index is 0.0483. The highest BCUT2D eigenvalue weighted by atomic mass is 79.9. The molecule has 4 nitrogen and oxygen atoms in total. The number of rotatable bonds is 4. The van der Waals surface area contributed by atoms with Crippen molar-refractivity contribution in [3.8, 4) is 6.07 Å². The maximum absolute atomic E-state index is 14.2. The number of carboxylic acid groups (broad SMARTS) is 1. The molecule has 1 rings (SSSR count). The molecule has 0 aliphatic rings. The number of nitriles is 1. The van der Waals surface area contributed by atoms with Crippen LogP contribution in [0.1, 0.15) is 26.3 Å². The average Bonchev–Trinajstić information content (AvgIpc) is 2.35. The number of anilines is 1. The summed E-state index contributed by atoms with van der Waals surface area (Å²) in [5, 5.41) is 18.1. The fourth-order valence-corrected chi connectivity index (χ4v) is 2.24. The van der Waals surface area contributed by atoms with Crippen LogP contribution in [0.15, 0.2) is 16.6 Å². The molecule has 0 saturated heterocycles. The van der Waals surface area contributed by atoms with E-state index < -0.39 is 17.3 Å². The molecule has 0 saturated carbocycles. The number of nitrogens with zero attached hydrogens (tertiary/aromatic N) is 2. The molecule has 0 unspecified atom stereocenters. The van der Waals surface area contributed by atoms with Gasteiger partial charge in [0.05, 0.1) is 15.7 Å². The topological polar surface area (TPSA) is 64.3 Å². The molecule has 0 radical (unpaired) electrons. The Balaban J connectivity index is 3.41. The number of hydrogen-bond donors (Lipinski definition) is 1. The molecular formula is C13H14BrFN2O2. The Labute approximate surface area is 119 Å². The van der Waals surface area contributed by atoms with E-state index in [0.29, 0.717) is 6.54 Å². The molecule has 0 fully saturated rings. The number of aliphatic carboxylic acids is 1. The third-order valence-electron chi connectivity index (χ3n) is 2.99. The van der Waals surface area contributed by atoms with E-state index in [1.807, 2.05) is 6.07 Å². The second kappa shape index (κ2) is 5.57. The SMILES string of the molecule is CCN(c1ccc(C#N)c(Br)c1F)C(C)(C)C(=O)O. The Morgan fingerprint density at radius 3 is 2.58 bits per heavy atom. The van der Waals surface area contributed by atoms with Gasteiger partial charge in [-0.15, -0.1) is 0 Å². The number of benzene rings is 1. The van der Waals surface area contributed by atoms with Crippen LogP contribution in [0, 0.1) is 17.1 Å².